The van der Waals surface area contributed by atoms with Crippen molar-refractivity contribution in [3.63, 3.8) is 0 Å². The predicted molar refractivity (Wildman–Crippen MR) is 71.9 cm³/mol. The molecule has 1 aromatic heterocycles. The van der Waals surface area contributed by atoms with Crippen LogP contribution in [0.2, 0.25) is 0 Å². The van der Waals surface area contributed by atoms with E-state index in [1.165, 1.54) is 44.1 Å². The SMILES string of the molecule is CCNC(CC1CCCCC1)c1ccsc1. The van der Waals surface area contributed by atoms with Gasteiger partial charge >= 0.3 is 0 Å². The van der Waals surface area contributed by atoms with Crippen molar-refractivity contribution in [2.45, 2.75) is 51.5 Å². The molecule has 0 bridgehead atoms. The molecular weight excluding hydrogens is 214 g/mol. The van der Waals surface area contributed by atoms with Crippen LogP contribution in [0.25, 0.3) is 0 Å². The summed E-state index contributed by atoms with van der Waals surface area (Å²) in [4.78, 5) is 0. The fraction of sp³-hybridized carbons (Fsp3) is 0.714. The second-order valence-electron chi connectivity index (χ2n) is 4.91. The van der Waals surface area contributed by atoms with Crippen LogP contribution in [-0.2, 0) is 0 Å². The molecule has 1 atom stereocenters. The third kappa shape index (κ3) is 3.33. The van der Waals surface area contributed by atoms with Crippen molar-refractivity contribution in [2.75, 3.05) is 6.54 Å². The van der Waals surface area contributed by atoms with E-state index in [-0.39, 0.29) is 0 Å². The molecule has 1 unspecified atom stereocenters. The molecule has 1 heterocycles. The molecule has 0 amide bonds. The maximum absolute atomic E-state index is 3.64. The lowest BCUT2D eigenvalue weighted by atomic mass is 9.84. The van der Waals surface area contributed by atoms with Gasteiger partial charge in [0.25, 0.3) is 0 Å². The topological polar surface area (TPSA) is 12.0 Å². The minimum absolute atomic E-state index is 0.597. The number of hydrogen-bond donors (Lipinski definition) is 1. The van der Waals surface area contributed by atoms with Gasteiger partial charge in [-0.1, -0.05) is 39.0 Å². The van der Waals surface area contributed by atoms with Crippen LogP contribution in [0.1, 0.15) is 57.1 Å². The second kappa shape index (κ2) is 6.41. The van der Waals surface area contributed by atoms with Crippen molar-refractivity contribution in [1.29, 1.82) is 0 Å². The monoisotopic (exact) mass is 237 g/mol. The van der Waals surface area contributed by atoms with Crippen LogP contribution < -0.4 is 5.32 Å². The summed E-state index contributed by atoms with van der Waals surface area (Å²) >= 11 is 1.82. The quantitative estimate of drug-likeness (QED) is 0.802. The van der Waals surface area contributed by atoms with Crippen molar-refractivity contribution in [3.05, 3.63) is 22.4 Å². The molecule has 2 heteroatoms. The first kappa shape index (κ1) is 12.1. The fourth-order valence-electron chi connectivity index (χ4n) is 2.81. The van der Waals surface area contributed by atoms with E-state index in [0.717, 1.165) is 12.5 Å². The Bertz CT molecular complexity index is 275. The van der Waals surface area contributed by atoms with Gasteiger partial charge in [-0.2, -0.15) is 11.3 Å². The van der Waals surface area contributed by atoms with E-state index in [0.29, 0.717) is 6.04 Å². The summed E-state index contributed by atoms with van der Waals surface area (Å²) in [6, 6.07) is 2.88. The molecule has 90 valence electrons. The van der Waals surface area contributed by atoms with Gasteiger partial charge in [0.15, 0.2) is 0 Å². The van der Waals surface area contributed by atoms with Gasteiger partial charge in [0, 0.05) is 6.04 Å². The Hall–Kier alpha value is -0.340. The first-order chi connectivity index (χ1) is 7.90. The van der Waals surface area contributed by atoms with Crippen molar-refractivity contribution in [2.24, 2.45) is 5.92 Å². The standard InChI is InChI=1S/C14H23NS/c1-2-15-14(13-8-9-16-11-13)10-12-6-4-3-5-7-12/h8-9,11-12,14-15H,2-7,10H2,1H3. The maximum Gasteiger partial charge on any atom is 0.0331 e. The van der Waals surface area contributed by atoms with Gasteiger partial charge < -0.3 is 5.32 Å². The molecule has 1 aliphatic carbocycles. The molecule has 0 spiro atoms. The highest BCUT2D eigenvalue weighted by Crippen LogP contribution is 2.32. The zero-order valence-corrected chi connectivity index (χ0v) is 11.1. The molecule has 0 aliphatic heterocycles. The zero-order valence-electron chi connectivity index (χ0n) is 10.2. The van der Waals surface area contributed by atoms with Gasteiger partial charge in [-0.3, -0.25) is 0 Å². The Labute approximate surface area is 103 Å². The molecule has 1 nitrogen and oxygen atoms in total. The minimum Gasteiger partial charge on any atom is -0.310 e. The number of rotatable bonds is 5. The first-order valence-corrected chi connectivity index (χ1v) is 7.60. The van der Waals surface area contributed by atoms with Crippen LogP contribution in [-0.4, -0.2) is 6.54 Å². The highest BCUT2D eigenvalue weighted by molar-refractivity contribution is 7.07. The van der Waals surface area contributed by atoms with Gasteiger partial charge in [0.05, 0.1) is 0 Å². The summed E-state index contributed by atoms with van der Waals surface area (Å²) in [5.74, 6) is 0.956. The van der Waals surface area contributed by atoms with Crippen LogP contribution in [0.15, 0.2) is 16.8 Å². The lowest BCUT2D eigenvalue weighted by molar-refractivity contribution is 0.302. The summed E-state index contributed by atoms with van der Waals surface area (Å²) in [6.45, 7) is 3.29. The van der Waals surface area contributed by atoms with E-state index in [1.807, 2.05) is 11.3 Å². The molecule has 0 saturated heterocycles. The molecule has 1 aromatic rings. The van der Waals surface area contributed by atoms with Gasteiger partial charge in [-0.25, -0.2) is 0 Å². The zero-order chi connectivity index (χ0) is 11.2. The number of hydrogen-bond acceptors (Lipinski definition) is 2. The lowest BCUT2D eigenvalue weighted by Gasteiger charge is -2.26. The molecule has 0 radical (unpaired) electrons. The summed E-state index contributed by atoms with van der Waals surface area (Å²) in [6.07, 6.45) is 8.60. The third-order valence-corrected chi connectivity index (χ3v) is 4.39. The van der Waals surface area contributed by atoms with Crippen molar-refractivity contribution in [3.8, 4) is 0 Å². The van der Waals surface area contributed by atoms with Gasteiger partial charge in [0.1, 0.15) is 0 Å². The van der Waals surface area contributed by atoms with E-state index >= 15 is 0 Å². The Morgan fingerprint density at radius 3 is 2.81 bits per heavy atom. The molecule has 16 heavy (non-hydrogen) atoms. The summed E-state index contributed by atoms with van der Waals surface area (Å²) in [5.41, 5.74) is 1.50. The Balaban J connectivity index is 1.91. The van der Waals surface area contributed by atoms with Gasteiger partial charge in [0.2, 0.25) is 0 Å². The van der Waals surface area contributed by atoms with E-state index in [9.17, 15) is 0 Å². The molecule has 1 N–H and O–H groups in total. The molecule has 0 aromatic carbocycles. The van der Waals surface area contributed by atoms with E-state index in [1.54, 1.807) is 0 Å². The van der Waals surface area contributed by atoms with E-state index in [4.69, 9.17) is 0 Å². The maximum atomic E-state index is 3.64. The normalized spacial score (nSPS) is 19.8. The third-order valence-electron chi connectivity index (χ3n) is 3.69. The van der Waals surface area contributed by atoms with E-state index in [2.05, 4.69) is 29.1 Å². The van der Waals surface area contributed by atoms with Crippen LogP contribution >= 0.6 is 11.3 Å². The Kier molecular flexibility index (Phi) is 4.86. The van der Waals surface area contributed by atoms with Gasteiger partial charge in [-0.05, 0) is 41.3 Å². The van der Waals surface area contributed by atoms with Gasteiger partial charge in [-0.15, -0.1) is 0 Å². The van der Waals surface area contributed by atoms with Crippen molar-refractivity contribution >= 4 is 11.3 Å². The summed E-state index contributed by atoms with van der Waals surface area (Å²) in [7, 11) is 0. The molecule has 1 saturated carbocycles. The molecular formula is C14H23NS. The van der Waals surface area contributed by atoms with Crippen LogP contribution in [0, 0.1) is 5.92 Å². The number of nitrogens with one attached hydrogen (secondary N) is 1. The lowest BCUT2D eigenvalue weighted by Crippen LogP contribution is -2.24. The molecule has 1 fully saturated rings. The predicted octanol–water partition coefficient (Wildman–Crippen LogP) is 4.37. The second-order valence-corrected chi connectivity index (χ2v) is 5.69. The van der Waals surface area contributed by atoms with Crippen LogP contribution in [0.3, 0.4) is 0 Å². The average Bonchev–Trinajstić information content (AvgIpc) is 2.83. The number of thiophene rings is 1. The molecule has 1 aliphatic rings. The highest BCUT2D eigenvalue weighted by Gasteiger charge is 2.19. The first-order valence-electron chi connectivity index (χ1n) is 6.65. The largest absolute Gasteiger partial charge is 0.310 e. The summed E-state index contributed by atoms with van der Waals surface area (Å²) < 4.78 is 0. The molecule has 2 rings (SSSR count). The fourth-order valence-corrected chi connectivity index (χ4v) is 3.53. The highest BCUT2D eigenvalue weighted by atomic mass is 32.1. The van der Waals surface area contributed by atoms with E-state index < -0.39 is 0 Å². The van der Waals surface area contributed by atoms with Crippen molar-refractivity contribution in [1.82, 2.24) is 5.32 Å². The minimum atomic E-state index is 0.597. The average molecular weight is 237 g/mol. The smallest absolute Gasteiger partial charge is 0.0331 e. The van der Waals surface area contributed by atoms with Crippen molar-refractivity contribution < 1.29 is 0 Å². The Morgan fingerprint density at radius 2 is 2.19 bits per heavy atom. The summed E-state index contributed by atoms with van der Waals surface area (Å²) in [5, 5.41) is 8.14. The van der Waals surface area contributed by atoms with Crippen LogP contribution in [0.4, 0.5) is 0 Å². The Morgan fingerprint density at radius 1 is 1.38 bits per heavy atom. The van der Waals surface area contributed by atoms with Crippen LogP contribution in [0.5, 0.6) is 0 Å².